The van der Waals surface area contributed by atoms with E-state index in [4.69, 9.17) is 5.73 Å². The smallest absolute Gasteiger partial charge is 0.160 e. The predicted octanol–water partition coefficient (Wildman–Crippen LogP) is 2.37. The maximum absolute atomic E-state index is 12.9. The molecule has 0 aliphatic carbocycles. The molecule has 1 aromatic heterocycles. The van der Waals surface area contributed by atoms with Gasteiger partial charge in [0.05, 0.1) is 0 Å². The molecule has 15 heavy (non-hydrogen) atoms. The Morgan fingerprint density at radius 1 is 1.20 bits per heavy atom. The molecule has 0 aliphatic heterocycles. The van der Waals surface area contributed by atoms with Crippen molar-refractivity contribution in [1.82, 2.24) is 4.98 Å². The standard InChI is InChI=1S/C10H10F2N2.ClH/c11-8-3-7-6(1-2-13)5-14-10(7)4-9(8)12;/h3-5,14H,1-2,13H2;1H. The highest BCUT2D eigenvalue weighted by Crippen LogP contribution is 2.21. The molecule has 2 nitrogen and oxygen atoms in total. The first-order valence-corrected chi connectivity index (χ1v) is 4.37. The van der Waals surface area contributed by atoms with Crippen molar-refractivity contribution in [3.63, 3.8) is 0 Å². The van der Waals surface area contributed by atoms with E-state index in [-0.39, 0.29) is 12.4 Å². The number of hydrogen-bond acceptors (Lipinski definition) is 1. The average Bonchev–Trinajstić information content (AvgIpc) is 2.51. The minimum atomic E-state index is -0.835. The molecule has 0 atom stereocenters. The summed E-state index contributed by atoms with van der Waals surface area (Å²) in [4.78, 5) is 2.88. The van der Waals surface area contributed by atoms with Crippen molar-refractivity contribution in [1.29, 1.82) is 0 Å². The fourth-order valence-electron chi connectivity index (χ4n) is 1.54. The Bertz CT molecular complexity index is 468. The number of hydrogen-bond donors (Lipinski definition) is 2. The van der Waals surface area contributed by atoms with Crippen LogP contribution in [0.15, 0.2) is 18.3 Å². The van der Waals surface area contributed by atoms with Gasteiger partial charge < -0.3 is 10.7 Å². The first-order valence-electron chi connectivity index (χ1n) is 4.37. The van der Waals surface area contributed by atoms with E-state index in [1.165, 1.54) is 6.07 Å². The molecule has 3 N–H and O–H groups in total. The lowest BCUT2D eigenvalue weighted by molar-refractivity contribution is 0.511. The monoisotopic (exact) mass is 232 g/mol. The summed E-state index contributed by atoms with van der Waals surface area (Å²) in [6.07, 6.45) is 2.39. The van der Waals surface area contributed by atoms with Crippen molar-refractivity contribution in [2.45, 2.75) is 6.42 Å². The summed E-state index contributed by atoms with van der Waals surface area (Å²) in [5.74, 6) is -1.66. The second-order valence-electron chi connectivity index (χ2n) is 3.16. The van der Waals surface area contributed by atoms with Crippen LogP contribution in [0.25, 0.3) is 10.9 Å². The maximum Gasteiger partial charge on any atom is 0.160 e. The largest absolute Gasteiger partial charge is 0.361 e. The zero-order valence-electron chi connectivity index (χ0n) is 7.89. The van der Waals surface area contributed by atoms with Crippen LogP contribution in [0, 0.1) is 11.6 Å². The Kier molecular flexibility index (Phi) is 3.66. The van der Waals surface area contributed by atoms with Gasteiger partial charge in [-0.25, -0.2) is 8.78 Å². The molecule has 2 rings (SSSR count). The summed E-state index contributed by atoms with van der Waals surface area (Å²) >= 11 is 0. The Morgan fingerprint density at radius 3 is 2.53 bits per heavy atom. The Labute approximate surface area is 91.9 Å². The van der Waals surface area contributed by atoms with Gasteiger partial charge in [-0.1, -0.05) is 0 Å². The van der Waals surface area contributed by atoms with E-state index in [0.29, 0.717) is 23.9 Å². The van der Waals surface area contributed by atoms with E-state index >= 15 is 0 Å². The highest BCUT2D eigenvalue weighted by atomic mass is 35.5. The minimum Gasteiger partial charge on any atom is -0.361 e. The molecular weight excluding hydrogens is 222 g/mol. The number of rotatable bonds is 2. The van der Waals surface area contributed by atoms with Crippen molar-refractivity contribution in [3.8, 4) is 0 Å². The summed E-state index contributed by atoms with van der Waals surface area (Å²) in [5.41, 5.74) is 6.92. The Hall–Kier alpha value is -1.13. The molecule has 0 spiro atoms. The van der Waals surface area contributed by atoms with Crippen molar-refractivity contribution in [2.75, 3.05) is 6.54 Å². The summed E-state index contributed by atoms with van der Waals surface area (Å²) in [7, 11) is 0. The third-order valence-electron chi connectivity index (χ3n) is 2.22. The van der Waals surface area contributed by atoms with Gasteiger partial charge in [-0.3, -0.25) is 0 Å². The van der Waals surface area contributed by atoms with Gasteiger partial charge in [0.2, 0.25) is 0 Å². The summed E-state index contributed by atoms with van der Waals surface area (Å²) in [5, 5.41) is 0.703. The number of benzene rings is 1. The van der Waals surface area contributed by atoms with Crippen LogP contribution in [-0.2, 0) is 6.42 Å². The van der Waals surface area contributed by atoms with Crippen molar-refractivity contribution >= 4 is 23.3 Å². The number of nitrogens with two attached hydrogens (primary N) is 1. The van der Waals surface area contributed by atoms with Gasteiger partial charge in [0.25, 0.3) is 0 Å². The van der Waals surface area contributed by atoms with Crippen molar-refractivity contribution in [3.05, 3.63) is 35.5 Å². The van der Waals surface area contributed by atoms with Gasteiger partial charge in [0.15, 0.2) is 11.6 Å². The number of halogens is 3. The lowest BCUT2D eigenvalue weighted by Crippen LogP contribution is -2.01. The van der Waals surface area contributed by atoms with E-state index in [1.807, 2.05) is 0 Å². The zero-order valence-corrected chi connectivity index (χ0v) is 8.70. The van der Waals surface area contributed by atoms with E-state index in [1.54, 1.807) is 6.20 Å². The lowest BCUT2D eigenvalue weighted by Gasteiger charge is -1.97. The van der Waals surface area contributed by atoms with Crippen molar-refractivity contribution in [2.24, 2.45) is 5.73 Å². The number of aromatic nitrogens is 1. The van der Waals surface area contributed by atoms with Crippen LogP contribution in [0.4, 0.5) is 8.78 Å². The van der Waals surface area contributed by atoms with Crippen molar-refractivity contribution < 1.29 is 8.78 Å². The van der Waals surface area contributed by atoms with Gasteiger partial charge in [0, 0.05) is 23.2 Å². The third kappa shape index (κ3) is 2.11. The molecule has 82 valence electrons. The molecule has 0 radical (unpaired) electrons. The SMILES string of the molecule is Cl.NCCc1c[nH]c2cc(F)c(F)cc12. The van der Waals surface area contributed by atoms with Gasteiger partial charge in [-0.15, -0.1) is 12.4 Å². The number of H-pyrrole nitrogens is 1. The molecule has 5 heteroatoms. The fourth-order valence-corrected chi connectivity index (χ4v) is 1.54. The third-order valence-corrected chi connectivity index (χ3v) is 2.22. The Balaban J connectivity index is 0.00000112. The predicted molar refractivity (Wildman–Crippen MR) is 58.2 cm³/mol. The molecule has 1 heterocycles. The highest BCUT2D eigenvalue weighted by Gasteiger charge is 2.08. The molecule has 0 saturated heterocycles. The van der Waals surface area contributed by atoms with E-state index in [9.17, 15) is 8.78 Å². The second kappa shape index (κ2) is 4.59. The summed E-state index contributed by atoms with van der Waals surface area (Å²) in [6, 6.07) is 2.36. The first-order chi connectivity index (χ1) is 6.72. The highest BCUT2D eigenvalue weighted by molar-refractivity contribution is 5.85. The minimum absolute atomic E-state index is 0. The topological polar surface area (TPSA) is 41.8 Å². The molecule has 0 bridgehead atoms. The van der Waals surface area contributed by atoms with Gasteiger partial charge in [0.1, 0.15) is 0 Å². The number of fused-ring (bicyclic) bond motifs is 1. The first kappa shape index (κ1) is 11.9. The normalized spacial score (nSPS) is 10.3. The van der Waals surface area contributed by atoms with Crippen LogP contribution < -0.4 is 5.73 Å². The summed E-state index contributed by atoms with van der Waals surface area (Å²) < 4.78 is 25.8. The average molecular weight is 233 g/mol. The van der Waals surface area contributed by atoms with Crippen LogP contribution in [0.2, 0.25) is 0 Å². The van der Waals surface area contributed by atoms with Crippen LogP contribution in [-0.4, -0.2) is 11.5 Å². The van der Waals surface area contributed by atoms with Gasteiger partial charge in [-0.2, -0.15) is 0 Å². The molecule has 2 aromatic rings. The molecule has 0 aliphatic rings. The molecule has 0 fully saturated rings. The van der Waals surface area contributed by atoms with E-state index in [0.717, 1.165) is 11.6 Å². The molecule has 0 saturated carbocycles. The zero-order chi connectivity index (χ0) is 10.1. The van der Waals surface area contributed by atoms with Crippen LogP contribution in [0.5, 0.6) is 0 Å². The maximum atomic E-state index is 12.9. The fraction of sp³-hybridized carbons (Fsp3) is 0.200. The molecular formula is C10H11ClF2N2. The van der Waals surface area contributed by atoms with Crippen LogP contribution >= 0.6 is 12.4 Å². The summed E-state index contributed by atoms with van der Waals surface area (Å²) in [6.45, 7) is 0.492. The van der Waals surface area contributed by atoms with E-state index in [2.05, 4.69) is 4.98 Å². The quantitative estimate of drug-likeness (QED) is 0.820. The number of nitrogens with one attached hydrogen (secondary N) is 1. The molecule has 1 aromatic carbocycles. The molecule has 0 amide bonds. The molecule has 0 unspecified atom stereocenters. The van der Waals surface area contributed by atoms with Crippen LogP contribution in [0.3, 0.4) is 0 Å². The van der Waals surface area contributed by atoms with E-state index < -0.39 is 11.6 Å². The number of aromatic amines is 1. The van der Waals surface area contributed by atoms with Gasteiger partial charge >= 0.3 is 0 Å². The lowest BCUT2D eigenvalue weighted by atomic mass is 10.1. The Morgan fingerprint density at radius 2 is 1.87 bits per heavy atom. The van der Waals surface area contributed by atoms with Crippen LogP contribution in [0.1, 0.15) is 5.56 Å². The second-order valence-corrected chi connectivity index (χ2v) is 3.16. The van der Waals surface area contributed by atoms with Gasteiger partial charge in [-0.05, 0) is 24.6 Å².